The molecule has 1 unspecified atom stereocenters. The van der Waals surface area contributed by atoms with E-state index in [9.17, 15) is 13.2 Å². The van der Waals surface area contributed by atoms with Gasteiger partial charge in [0.15, 0.2) is 0 Å². The topological polar surface area (TPSA) is 57.7 Å². The number of carbonyl (C=O) groups excluding carboxylic acids is 1. The van der Waals surface area contributed by atoms with E-state index in [1.54, 1.807) is 33.5 Å². The van der Waals surface area contributed by atoms with Gasteiger partial charge >= 0.3 is 0 Å². The molecule has 0 radical (unpaired) electrons. The molecule has 1 saturated carbocycles. The van der Waals surface area contributed by atoms with Crippen LogP contribution in [0.15, 0.2) is 59.5 Å². The molecule has 0 aromatic heterocycles. The van der Waals surface area contributed by atoms with Crippen LogP contribution in [0, 0.1) is 5.92 Å². The van der Waals surface area contributed by atoms with Gasteiger partial charge in [0.05, 0.1) is 4.90 Å². The molecule has 28 heavy (non-hydrogen) atoms. The predicted molar refractivity (Wildman–Crippen MR) is 109 cm³/mol. The Morgan fingerprint density at radius 3 is 2.32 bits per heavy atom. The number of rotatable bonds is 7. The number of carbonyl (C=O) groups is 1. The third kappa shape index (κ3) is 3.84. The lowest BCUT2D eigenvalue weighted by atomic mass is 10.2. The molecule has 1 aliphatic carbocycles. The van der Waals surface area contributed by atoms with Crippen LogP contribution in [0.25, 0.3) is 0 Å². The summed E-state index contributed by atoms with van der Waals surface area (Å²) < 4.78 is 28.5. The van der Waals surface area contributed by atoms with Crippen LogP contribution < -0.4 is 4.90 Å². The van der Waals surface area contributed by atoms with Crippen molar-refractivity contribution in [3.8, 4) is 0 Å². The molecular weight excluding hydrogens is 372 g/mol. The first-order valence-electron chi connectivity index (χ1n) is 9.93. The zero-order valence-corrected chi connectivity index (χ0v) is 16.9. The summed E-state index contributed by atoms with van der Waals surface area (Å²) in [5.41, 5.74) is 1.75. The van der Waals surface area contributed by atoms with Gasteiger partial charge in [0, 0.05) is 31.2 Å². The Hall–Kier alpha value is -2.18. The fourth-order valence-corrected chi connectivity index (χ4v) is 5.56. The minimum atomic E-state index is -3.63. The van der Waals surface area contributed by atoms with Crippen molar-refractivity contribution in [1.29, 1.82) is 0 Å². The van der Waals surface area contributed by atoms with Crippen LogP contribution in [0.1, 0.15) is 38.2 Å². The summed E-state index contributed by atoms with van der Waals surface area (Å²) in [5.74, 6) is 0.531. The van der Waals surface area contributed by atoms with Crippen LogP contribution >= 0.6 is 0 Å². The second-order valence-corrected chi connectivity index (χ2v) is 9.65. The fourth-order valence-electron chi connectivity index (χ4n) is 3.88. The summed E-state index contributed by atoms with van der Waals surface area (Å²) in [6.45, 7) is 3.08. The van der Waals surface area contributed by atoms with E-state index in [2.05, 4.69) is 0 Å². The Balaban J connectivity index is 1.62. The van der Waals surface area contributed by atoms with Crippen molar-refractivity contribution in [2.24, 2.45) is 5.92 Å². The van der Waals surface area contributed by atoms with E-state index in [1.165, 1.54) is 0 Å². The first-order valence-corrected chi connectivity index (χ1v) is 11.4. The molecule has 4 rings (SSSR count). The summed E-state index contributed by atoms with van der Waals surface area (Å²) in [7, 11) is -3.63. The van der Waals surface area contributed by atoms with Crippen molar-refractivity contribution in [3.05, 3.63) is 60.2 Å². The first kappa shape index (κ1) is 19.2. The van der Waals surface area contributed by atoms with E-state index in [0.717, 1.165) is 30.5 Å². The maximum atomic E-state index is 13.5. The van der Waals surface area contributed by atoms with E-state index < -0.39 is 10.0 Å². The van der Waals surface area contributed by atoms with E-state index in [4.69, 9.17) is 0 Å². The molecule has 2 aliphatic rings. The summed E-state index contributed by atoms with van der Waals surface area (Å²) in [6.07, 6.45) is 3.57. The molecule has 0 spiro atoms. The molecule has 1 aliphatic heterocycles. The lowest BCUT2D eigenvalue weighted by Gasteiger charge is -2.29. The lowest BCUT2D eigenvalue weighted by Crippen LogP contribution is -2.39. The highest BCUT2D eigenvalue weighted by Gasteiger charge is 2.38. The third-order valence-electron chi connectivity index (χ3n) is 5.77. The number of anilines is 1. The Kier molecular flexibility index (Phi) is 5.25. The number of hydrogen-bond donors (Lipinski definition) is 0. The summed E-state index contributed by atoms with van der Waals surface area (Å²) in [5, 5.41) is 0. The van der Waals surface area contributed by atoms with Crippen molar-refractivity contribution in [2.45, 2.75) is 50.1 Å². The molecule has 1 atom stereocenters. The van der Waals surface area contributed by atoms with Crippen molar-refractivity contribution in [3.63, 3.8) is 0 Å². The highest BCUT2D eigenvalue weighted by Crippen LogP contribution is 2.38. The van der Waals surface area contributed by atoms with Crippen LogP contribution in [0.3, 0.4) is 0 Å². The van der Waals surface area contributed by atoms with E-state index >= 15 is 0 Å². The van der Waals surface area contributed by atoms with Gasteiger partial charge in [-0.3, -0.25) is 4.79 Å². The quantitative estimate of drug-likeness (QED) is 0.713. The maximum absolute atomic E-state index is 13.5. The monoisotopic (exact) mass is 398 g/mol. The van der Waals surface area contributed by atoms with Crippen molar-refractivity contribution in [1.82, 2.24) is 4.31 Å². The van der Waals surface area contributed by atoms with Gasteiger partial charge in [-0.05, 0) is 61.9 Å². The molecule has 0 N–H and O–H groups in total. The third-order valence-corrected chi connectivity index (χ3v) is 7.72. The number of nitrogens with zero attached hydrogens (tertiary/aromatic N) is 2. The zero-order chi connectivity index (χ0) is 19.7. The molecule has 2 aromatic rings. The lowest BCUT2D eigenvalue weighted by molar-refractivity contribution is -0.117. The maximum Gasteiger partial charge on any atom is 0.243 e. The molecular formula is C22H26N2O3S. The predicted octanol–water partition coefficient (Wildman–Crippen LogP) is 3.80. The summed E-state index contributed by atoms with van der Waals surface area (Å²) >= 11 is 0. The number of benzene rings is 2. The van der Waals surface area contributed by atoms with Crippen LogP contribution in [0.5, 0.6) is 0 Å². The molecule has 5 nitrogen and oxygen atoms in total. The van der Waals surface area contributed by atoms with Crippen LogP contribution in [-0.4, -0.2) is 31.2 Å². The average molecular weight is 399 g/mol. The number of hydrogen-bond acceptors (Lipinski definition) is 3. The Labute approximate surface area is 167 Å². The van der Waals surface area contributed by atoms with Crippen LogP contribution in [0.2, 0.25) is 0 Å². The van der Waals surface area contributed by atoms with Gasteiger partial charge in [-0.2, -0.15) is 4.31 Å². The highest BCUT2D eigenvalue weighted by atomic mass is 32.2. The van der Waals surface area contributed by atoms with E-state index in [0.29, 0.717) is 25.4 Å². The second kappa shape index (κ2) is 7.68. The second-order valence-electron chi connectivity index (χ2n) is 7.76. The van der Waals surface area contributed by atoms with Crippen LogP contribution in [-0.2, 0) is 21.4 Å². The largest absolute Gasteiger partial charge is 0.312 e. The molecule has 1 heterocycles. The van der Waals surface area contributed by atoms with Gasteiger partial charge in [0.1, 0.15) is 0 Å². The van der Waals surface area contributed by atoms with Gasteiger partial charge in [0.2, 0.25) is 15.9 Å². The highest BCUT2D eigenvalue weighted by molar-refractivity contribution is 7.89. The number of amides is 1. The molecule has 148 valence electrons. The fraction of sp³-hybridized carbons (Fsp3) is 0.409. The van der Waals surface area contributed by atoms with Gasteiger partial charge in [-0.25, -0.2) is 8.42 Å². The summed E-state index contributed by atoms with van der Waals surface area (Å²) in [4.78, 5) is 13.9. The first-order chi connectivity index (χ1) is 13.5. The Bertz CT molecular complexity index is 938. The van der Waals surface area contributed by atoms with Crippen LogP contribution in [0.4, 0.5) is 5.69 Å². The minimum Gasteiger partial charge on any atom is -0.312 e. The Morgan fingerprint density at radius 1 is 1.07 bits per heavy atom. The number of sulfonamides is 1. The Morgan fingerprint density at radius 2 is 1.75 bits per heavy atom. The minimum absolute atomic E-state index is 0.0370. The zero-order valence-electron chi connectivity index (χ0n) is 16.1. The molecule has 1 amide bonds. The molecule has 0 bridgehead atoms. The van der Waals surface area contributed by atoms with Gasteiger partial charge < -0.3 is 4.90 Å². The summed E-state index contributed by atoms with van der Waals surface area (Å²) in [6, 6.07) is 16.5. The average Bonchev–Trinajstić information content (AvgIpc) is 3.47. The smallest absolute Gasteiger partial charge is 0.243 e. The van der Waals surface area contributed by atoms with Gasteiger partial charge in [-0.1, -0.05) is 30.3 Å². The van der Waals surface area contributed by atoms with Gasteiger partial charge in [-0.15, -0.1) is 0 Å². The standard InChI is InChI=1S/C22H26N2O3S/c1-17(19-9-10-19)24(16-18-6-3-2-4-7-18)28(26,27)21-13-11-20(12-14-21)23-15-5-8-22(23)25/h2-4,6-7,11-14,17,19H,5,8-10,15-16H2,1H3. The van der Waals surface area contributed by atoms with Crippen molar-refractivity contribution < 1.29 is 13.2 Å². The molecule has 2 aromatic carbocycles. The van der Waals surface area contributed by atoms with Crippen molar-refractivity contribution >= 4 is 21.6 Å². The van der Waals surface area contributed by atoms with E-state index in [-0.39, 0.29) is 16.8 Å². The molecule has 1 saturated heterocycles. The molecule has 6 heteroatoms. The van der Waals surface area contributed by atoms with E-state index in [1.807, 2.05) is 37.3 Å². The van der Waals surface area contributed by atoms with Gasteiger partial charge in [0.25, 0.3) is 0 Å². The normalized spacial score (nSPS) is 18.6. The van der Waals surface area contributed by atoms with Crippen molar-refractivity contribution in [2.75, 3.05) is 11.4 Å². The SMILES string of the molecule is CC(C1CC1)N(Cc1ccccc1)S(=O)(=O)c1ccc(N2CCCC2=O)cc1. The molecule has 2 fully saturated rings.